The van der Waals surface area contributed by atoms with Crippen LogP contribution >= 0.6 is 0 Å². The summed E-state index contributed by atoms with van der Waals surface area (Å²) in [6.45, 7) is 3.79. The van der Waals surface area contributed by atoms with Crippen molar-refractivity contribution >= 4 is 11.7 Å². The summed E-state index contributed by atoms with van der Waals surface area (Å²) >= 11 is 0. The highest BCUT2D eigenvalue weighted by Crippen LogP contribution is 2.26. The predicted molar refractivity (Wildman–Crippen MR) is 64.4 cm³/mol. The van der Waals surface area contributed by atoms with Gasteiger partial charge in [-0.25, -0.2) is 9.97 Å². The Hall–Kier alpha value is -1.66. The molecule has 0 aliphatic rings. The van der Waals surface area contributed by atoms with Gasteiger partial charge in [-0.2, -0.15) is 13.2 Å². The van der Waals surface area contributed by atoms with E-state index < -0.39 is 11.9 Å². The summed E-state index contributed by atoms with van der Waals surface area (Å²) < 4.78 is 36.8. The number of anilines is 1. The minimum atomic E-state index is -4.52. The lowest BCUT2D eigenvalue weighted by atomic mass is 10.0. The van der Waals surface area contributed by atoms with Gasteiger partial charge < -0.3 is 5.32 Å². The van der Waals surface area contributed by atoms with E-state index in [-0.39, 0.29) is 17.6 Å². The second kappa shape index (κ2) is 6.49. The van der Waals surface area contributed by atoms with Crippen LogP contribution in [0, 0.1) is 5.92 Å². The number of rotatable bonds is 5. The van der Waals surface area contributed by atoms with Crippen molar-refractivity contribution in [2.75, 3.05) is 5.32 Å². The summed E-state index contributed by atoms with van der Waals surface area (Å²) in [5, 5.41) is 2.45. The molecule has 1 atom stereocenters. The number of halogens is 3. The average Bonchev–Trinajstić information content (AvgIpc) is 2.35. The van der Waals surface area contributed by atoms with Crippen molar-refractivity contribution in [2.24, 2.45) is 5.92 Å². The van der Waals surface area contributed by atoms with Crippen LogP contribution in [-0.2, 0) is 11.0 Å². The molecule has 0 saturated carbocycles. The Morgan fingerprint density at radius 1 is 1.37 bits per heavy atom. The van der Waals surface area contributed by atoms with Crippen LogP contribution in [0.3, 0.4) is 0 Å². The number of hydrogen-bond acceptors (Lipinski definition) is 3. The number of nitrogens with zero attached hydrogens (tertiary/aromatic N) is 2. The van der Waals surface area contributed by atoms with E-state index in [2.05, 4.69) is 15.3 Å². The zero-order chi connectivity index (χ0) is 14.5. The number of unbranched alkanes of at least 4 members (excludes halogenated alkanes) is 1. The Balaban J connectivity index is 2.60. The summed E-state index contributed by atoms with van der Waals surface area (Å²) in [5.74, 6) is -0.437. The number of aromatic nitrogens is 2. The summed E-state index contributed by atoms with van der Waals surface area (Å²) in [4.78, 5) is 18.5. The second-order valence-electron chi connectivity index (χ2n) is 4.32. The van der Waals surface area contributed by atoms with Crippen molar-refractivity contribution in [1.29, 1.82) is 0 Å². The van der Waals surface area contributed by atoms with Gasteiger partial charge in [-0.15, -0.1) is 0 Å². The Labute approximate surface area is 109 Å². The molecule has 4 nitrogen and oxygen atoms in total. The lowest BCUT2D eigenvalue weighted by Gasteiger charge is -2.11. The zero-order valence-corrected chi connectivity index (χ0v) is 10.8. The highest BCUT2D eigenvalue weighted by atomic mass is 19.4. The maximum Gasteiger partial charge on any atom is 0.434 e. The van der Waals surface area contributed by atoms with Crippen LogP contribution in [0.2, 0.25) is 0 Å². The third-order valence-corrected chi connectivity index (χ3v) is 2.63. The van der Waals surface area contributed by atoms with Gasteiger partial charge in [-0.3, -0.25) is 4.79 Å². The molecule has 0 radical (unpaired) electrons. The zero-order valence-electron chi connectivity index (χ0n) is 10.8. The van der Waals surface area contributed by atoms with Gasteiger partial charge in [0.1, 0.15) is 0 Å². The smallest absolute Gasteiger partial charge is 0.309 e. The lowest BCUT2D eigenvalue weighted by Crippen LogP contribution is -2.21. The van der Waals surface area contributed by atoms with E-state index >= 15 is 0 Å². The van der Waals surface area contributed by atoms with E-state index in [4.69, 9.17) is 0 Å². The van der Waals surface area contributed by atoms with Gasteiger partial charge in [0.05, 0.1) is 12.4 Å². The van der Waals surface area contributed by atoms with E-state index in [9.17, 15) is 18.0 Å². The molecule has 0 aliphatic carbocycles. The Kier molecular flexibility index (Phi) is 5.26. The summed E-state index contributed by atoms with van der Waals surface area (Å²) in [7, 11) is 0. The Morgan fingerprint density at radius 3 is 2.53 bits per heavy atom. The minimum absolute atomic E-state index is 0.0290. The fourth-order valence-corrected chi connectivity index (χ4v) is 1.43. The largest absolute Gasteiger partial charge is 0.434 e. The minimum Gasteiger partial charge on any atom is -0.309 e. The summed E-state index contributed by atoms with van der Waals surface area (Å²) in [5.41, 5.74) is -1.08. The van der Waals surface area contributed by atoms with Gasteiger partial charge >= 0.3 is 6.18 Å². The SMILES string of the molecule is CCCCC(C)C(=O)Nc1cnc(C(F)(F)F)cn1. The molecule has 1 N–H and O–H groups in total. The van der Waals surface area contributed by atoms with Gasteiger partial charge in [0, 0.05) is 5.92 Å². The molecule has 0 fully saturated rings. The standard InChI is InChI=1S/C12H16F3N3O/c1-3-4-5-8(2)11(19)18-10-7-16-9(6-17-10)12(13,14)15/h6-8H,3-5H2,1-2H3,(H,17,18,19). The van der Waals surface area contributed by atoms with Crippen LogP contribution in [0.15, 0.2) is 12.4 Å². The third kappa shape index (κ3) is 4.84. The van der Waals surface area contributed by atoms with E-state index in [0.717, 1.165) is 25.5 Å². The molecule has 1 rings (SSSR count). The van der Waals surface area contributed by atoms with Crippen molar-refractivity contribution in [2.45, 2.75) is 39.3 Å². The first-order valence-electron chi connectivity index (χ1n) is 6.04. The van der Waals surface area contributed by atoms with Crippen molar-refractivity contribution in [1.82, 2.24) is 9.97 Å². The van der Waals surface area contributed by atoms with Crippen LogP contribution in [0.4, 0.5) is 19.0 Å². The third-order valence-electron chi connectivity index (χ3n) is 2.63. The molecule has 0 spiro atoms. The second-order valence-corrected chi connectivity index (χ2v) is 4.32. The molecule has 1 aromatic heterocycles. The summed E-state index contributed by atoms with van der Waals surface area (Å²) in [6, 6.07) is 0. The van der Waals surface area contributed by atoms with Crippen molar-refractivity contribution in [3.8, 4) is 0 Å². The first kappa shape index (κ1) is 15.4. The number of carbonyl (C=O) groups is 1. The normalized spacial score (nSPS) is 13.1. The first-order valence-corrected chi connectivity index (χ1v) is 6.04. The molecule has 1 amide bonds. The molecule has 7 heteroatoms. The molecule has 1 unspecified atom stereocenters. The van der Waals surface area contributed by atoms with Crippen LogP contribution in [0.5, 0.6) is 0 Å². The first-order chi connectivity index (χ1) is 8.84. The van der Waals surface area contributed by atoms with Crippen LogP contribution in [-0.4, -0.2) is 15.9 Å². The average molecular weight is 275 g/mol. The van der Waals surface area contributed by atoms with Crippen LogP contribution in [0.1, 0.15) is 38.8 Å². The maximum absolute atomic E-state index is 12.3. The molecule has 0 aliphatic heterocycles. The van der Waals surface area contributed by atoms with Gasteiger partial charge in [0.2, 0.25) is 5.91 Å². The van der Waals surface area contributed by atoms with Crippen LogP contribution in [0.25, 0.3) is 0 Å². The molecule has 1 heterocycles. The molecule has 106 valence electrons. The molecule has 0 bridgehead atoms. The highest BCUT2D eigenvalue weighted by molar-refractivity contribution is 5.91. The Bertz CT molecular complexity index is 417. The lowest BCUT2D eigenvalue weighted by molar-refractivity contribution is -0.141. The van der Waals surface area contributed by atoms with Gasteiger partial charge in [-0.1, -0.05) is 26.7 Å². The molecule has 1 aromatic rings. The topological polar surface area (TPSA) is 54.9 Å². The number of amides is 1. The number of alkyl halides is 3. The molecule has 19 heavy (non-hydrogen) atoms. The molecular weight excluding hydrogens is 259 g/mol. The van der Waals surface area contributed by atoms with Crippen molar-refractivity contribution < 1.29 is 18.0 Å². The fourth-order valence-electron chi connectivity index (χ4n) is 1.43. The highest BCUT2D eigenvalue weighted by Gasteiger charge is 2.32. The van der Waals surface area contributed by atoms with E-state index in [1.165, 1.54) is 0 Å². The summed E-state index contributed by atoms with van der Waals surface area (Å²) in [6.07, 6.45) is -0.370. The quantitative estimate of drug-likeness (QED) is 0.897. The number of nitrogens with one attached hydrogen (secondary N) is 1. The van der Waals surface area contributed by atoms with E-state index in [1.54, 1.807) is 6.92 Å². The monoisotopic (exact) mass is 275 g/mol. The number of carbonyl (C=O) groups excluding carboxylic acids is 1. The molecular formula is C12H16F3N3O. The molecule has 0 aromatic carbocycles. The van der Waals surface area contributed by atoms with Gasteiger partial charge in [0.25, 0.3) is 0 Å². The molecule has 0 saturated heterocycles. The van der Waals surface area contributed by atoms with Crippen LogP contribution < -0.4 is 5.32 Å². The number of hydrogen-bond donors (Lipinski definition) is 1. The predicted octanol–water partition coefficient (Wildman–Crippen LogP) is 3.26. The maximum atomic E-state index is 12.3. The van der Waals surface area contributed by atoms with Crippen molar-refractivity contribution in [3.05, 3.63) is 18.1 Å². The Morgan fingerprint density at radius 2 is 2.05 bits per heavy atom. The van der Waals surface area contributed by atoms with E-state index in [1.807, 2.05) is 6.92 Å². The van der Waals surface area contributed by atoms with E-state index in [0.29, 0.717) is 6.20 Å². The van der Waals surface area contributed by atoms with Crippen molar-refractivity contribution in [3.63, 3.8) is 0 Å². The van der Waals surface area contributed by atoms with Gasteiger partial charge in [-0.05, 0) is 6.42 Å². The van der Waals surface area contributed by atoms with Gasteiger partial charge in [0.15, 0.2) is 11.5 Å². The fraction of sp³-hybridized carbons (Fsp3) is 0.583.